The molecule has 1 aliphatic heterocycles. The van der Waals surface area contributed by atoms with E-state index >= 15 is 0 Å². The van der Waals surface area contributed by atoms with Crippen LogP contribution in [0.2, 0.25) is 0 Å². The number of hydrogen-bond acceptors (Lipinski definition) is 4. The fraction of sp³-hybridized carbons (Fsp3) is 0.154. The number of fused-ring (bicyclic) bond motifs is 1. The predicted molar refractivity (Wildman–Crippen MR) is 62.3 cm³/mol. The predicted octanol–water partition coefficient (Wildman–Crippen LogP) is 2.49. The molecule has 3 rings (SSSR count). The molecule has 2 aromatic rings. The van der Waals surface area contributed by atoms with Gasteiger partial charge in [-0.05, 0) is 23.8 Å². The molecule has 0 atom stereocenters. The van der Waals surface area contributed by atoms with Crippen molar-refractivity contribution in [3.8, 4) is 28.4 Å². The molecule has 0 saturated heterocycles. The second-order valence-electron chi connectivity index (χ2n) is 3.64. The maximum Gasteiger partial charge on any atom is 0.231 e. The topological polar surface area (TPSA) is 40.6 Å². The van der Waals surface area contributed by atoms with Crippen LogP contribution in [0.25, 0.3) is 11.1 Å². The van der Waals surface area contributed by atoms with E-state index in [1.807, 2.05) is 24.3 Å². The molecule has 0 saturated carbocycles. The van der Waals surface area contributed by atoms with Crippen molar-refractivity contribution in [3.63, 3.8) is 0 Å². The first-order valence-electron chi connectivity index (χ1n) is 5.26. The molecule has 2 heterocycles. The molecule has 0 amide bonds. The number of hydrogen-bond donors (Lipinski definition) is 0. The smallest absolute Gasteiger partial charge is 0.231 e. The lowest BCUT2D eigenvalue weighted by molar-refractivity contribution is 0.174. The van der Waals surface area contributed by atoms with E-state index in [0.717, 1.165) is 28.4 Å². The molecule has 86 valence electrons. The Balaban J connectivity index is 2.09. The lowest BCUT2D eigenvalue weighted by Gasteiger charge is -2.08. The highest BCUT2D eigenvalue weighted by atomic mass is 16.7. The first kappa shape index (κ1) is 9.96. The van der Waals surface area contributed by atoms with Crippen LogP contribution in [0, 0.1) is 0 Å². The Hall–Kier alpha value is -2.23. The van der Waals surface area contributed by atoms with Crippen molar-refractivity contribution in [2.24, 2.45) is 0 Å². The molecule has 0 radical (unpaired) electrons. The molecule has 0 aliphatic carbocycles. The first-order valence-corrected chi connectivity index (χ1v) is 5.26. The van der Waals surface area contributed by atoms with Crippen molar-refractivity contribution >= 4 is 0 Å². The molecule has 1 aromatic carbocycles. The Labute approximate surface area is 98.8 Å². The van der Waals surface area contributed by atoms with Gasteiger partial charge < -0.3 is 14.2 Å². The molecule has 0 spiro atoms. The van der Waals surface area contributed by atoms with E-state index in [1.165, 1.54) is 0 Å². The van der Waals surface area contributed by atoms with Crippen LogP contribution in [0.5, 0.6) is 17.2 Å². The Morgan fingerprint density at radius 3 is 2.94 bits per heavy atom. The molecule has 0 unspecified atom stereocenters. The Bertz CT molecular complexity index is 554. The minimum absolute atomic E-state index is 0.284. The molecule has 0 bridgehead atoms. The lowest BCUT2D eigenvalue weighted by Crippen LogP contribution is -1.92. The summed E-state index contributed by atoms with van der Waals surface area (Å²) in [4.78, 5) is 4.03. The maximum absolute atomic E-state index is 5.36. The number of benzene rings is 1. The molecule has 0 fully saturated rings. The molecule has 0 N–H and O–H groups in total. The van der Waals surface area contributed by atoms with E-state index in [4.69, 9.17) is 14.2 Å². The van der Waals surface area contributed by atoms with Crippen molar-refractivity contribution < 1.29 is 14.2 Å². The van der Waals surface area contributed by atoms with Crippen LogP contribution in [-0.4, -0.2) is 18.9 Å². The fourth-order valence-electron chi connectivity index (χ4n) is 1.85. The normalized spacial score (nSPS) is 12.5. The zero-order valence-electron chi connectivity index (χ0n) is 9.34. The summed E-state index contributed by atoms with van der Waals surface area (Å²) in [5.41, 5.74) is 2.01. The number of aromatic nitrogens is 1. The second-order valence-corrected chi connectivity index (χ2v) is 3.64. The van der Waals surface area contributed by atoms with Crippen LogP contribution >= 0.6 is 0 Å². The minimum Gasteiger partial charge on any atom is -0.494 e. The van der Waals surface area contributed by atoms with E-state index in [2.05, 4.69) is 4.98 Å². The first-order chi connectivity index (χ1) is 8.38. The van der Waals surface area contributed by atoms with Gasteiger partial charge in [0, 0.05) is 11.8 Å². The summed E-state index contributed by atoms with van der Waals surface area (Å²) >= 11 is 0. The van der Waals surface area contributed by atoms with Crippen molar-refractivity contribution in [1.82, 2.24) is 4.98 Å². The maximum atomic E-state index is 5.36. The SMILES string of the molecule is COc1cnccc1-c1ccc2c(c1)OCO2. The molecular weight excluding hydrogens is 218 g/mol. The Morgan fingerprint density at radius 1 is 1.18 bits per heavy atom. The van der Waals surface area contributed by atoms with Gasteiger partial charge in [0.15, 0.2) is 11.5 Å². The summed E-state index contributed by atoms with van der Waals surface area (Å²) in [7, 11) is 1.63. The quantitative estimate of drug-likeness (QED) is 0.793. The zero-order valence-corrected chi connectivity index (χ0v) is 9.34. The monoisotopic (exact) mass is 229 g/mol. The molecule has 1 aliphatic rings. The average molecular weight is 229 g/mol. The van der Waals surface area contributed by atoms with Crippen LogP contribution in [0.15, 0.2) is 36.7 Å². The van der Waals surface area contributed by atoms with E-state index in [-0.39, 0.29) is 6.79 Å². The summed E-state index contributed by atoms with van der Waals surface area (Å²) in [6.07, 6.45) is 3.43. The van der Waals surface area contributed by atoms with Crippen LogP contribution in [0.3, 0.4) is 0 Å². The molecule has 4 heteroatoms. The Kier molecular flexibility index (Phi) is 2.33. The van der Waals surface area contributed by atoms with E-state index < -0.39 is 0 Å². The third-order valence-corrected chi connectivity index (χ3v) is 2.69. The number of rotatable bonds is 2. The zero-order chi connectivity index (χ0) is 11.7. The fourth-order valence-corrected chi connectivity index (χ4v) is 1.85. The second kappa shape index (κ2) is 3.97. The molecule has 17 heavy (non-hydrogen) atoms. The highest BCUT2D eigenvalue weighted by molar-refractivity contribution is 5.72. The van der Waals surface area contributed by atoms with Crippen LogP contribution < -0.4 is 14.2 Å². The number of pyridine rings is 1. The van der Waals surface area contributed by atoms with Gasteiger partial charge >= 0.3 is 0 Å². The van der Waals surface area contributed by atoms with Gasteiger partial charge in [0.1, 0.15) is 5.75 Å². The van der Waals surface area contributed by atoms with Gasteiger partial charge in [-0.25, -0.2) is 0 Å². The summed E-state index contributed by atoms with van der Waals surface area (Å²) in [6, 6.07) is 7.74. The third kappa shape index (κ3) is 1.67. The standard InChI is InChI=1S/C13H11NO3/c1-15-13-7-14-5-4-10(13)9-2-3-11-12(6-9)17-8-16-11/h2-7H,8H2,1H3. The van der Waals surface area contributed by atoms with E-state index in [9.17, 15) is 0 Å². The van der Waals surface area contributed by atoms with Gasteiger partial charge in [0.25, 0.3) is 0 Å². The summed E-state index contributed by atoms with van der Waals surface area (Å²) < 4.78 is 15.9. The minimum atomic E-state index is 0.284. The van der Waals surface area contributed by atoms with Crippen molar-refractivity contribution in [2.75, 3.05) is 13.9 Å². The van der Waals surface area contributed by atoms with Gasteiger partial charge in [-0.3, -0.25) is 4.98 Å². The largest absolute Gasteiger partial charge is 0.494 e. The highest BCUT2D eigenvalue weighted by Crippen LogP contribution is 2.38. The highest BCUT2D eigenvalue weighted by Gasteiger charge is 2.15. The molecular formula is C13H11NO3. The number of ether oxygens (including phenoxy) is 3. The van der Waals surface area contributed by atoms with Crippen molar-refractivity contribution in [2.45, 2.75) is 0 Å². The number of nitrogens with zero attached hydrogens (tertiary/aromatic N) is 1. The third-order valence-electron chi connectivity index (χ3n) is 2.69. The molecule has 4 nitrogen and oxygen atoms in total. The van der Waals surface area contributed by atoms with Crippen molar-refractivity contribution in [1.29, 1.82) is 0 Å². The van der Waals surface area contributed by atoms with Gasteiger partial charge in [-0.1, -0.05) is 6.07 Å². The van der Waals surface area contributed by atoms with E-state index in [0.29, 0.717) is 0 Å². The molecule has 1 aromatic heterocycles. The van der Waals surface area contributed by atoms with Crippen LogP contribution in [0.1, 0.15) is 0 Å². The van der Waals surface area contributed by atoms with Gasteiger partial charge in [0.2, 0.25) is 6.79 Å². The summed E-state index contributed by atoms with van der Waals surface area (Å²) in [5.74, 6) is 2.29. The van der Waals surface area contributed by atoms with Gasteiger partial charge in [0.05, 0.1) is 13.3 Å². The summed E-state index contributed by atoms with van der Waals surface area (Å²) in [6.45, 7) is 0.284. The van der Waals surface area contributed by atoms with Crippen molar-refractivity contribution in [3.05, 3.63) is 36.7 Å². The lowest BCUT2D eigenvalue weighted by atomic mass is 10.1. The Morgan fingerprint density at radius 2 is 2.06 bits per heavy atom. The van der Waals surface area contributed by atoms with Crippen LogP contribution in [-0.2, 0) is 0 Å². The van der Waals surface area contributed by atoms with E-state index in [1.54, 1.807) is 19.5 Å². The number of methoxy groups -OCH3 is 1. The van der Waals surface area contributed by atoms with Crippen LogP contribution in [0.4, 0.5) is 0 Å². The van der Waals surface area contributed by atoms with Gasteiger partial charge in [-0.15, -0.1) is 0 Å². The van der Waals surface area contributed by atoms with Gasteiger partial charge in [-0.2, -0.15) is 0 Å². The summed E-state index contributed by atoms with van der Waals surface area (Å²) in [5, 5.41) is 0. The average Bonchev–Trinajstić information content (AvgIpc) is 2.85.